The molecule has 1 heterocycles. The molecule has 0 atom stereocenters. The number of aromatic nitrogens is 1. The van der Waals surface area contributed by atoms with Gasteiger partial charge >= 0.3 is 5.97 Å². The van der Waals surface area contributed by atoms with E-state index in [-0.39, 0.29) is 17.0 Å². The van der Waals surface area contributed by atoms with Crippen LogP contribution in [0.2, 0.25) is 0 Å². The second kappa shape index (κ2) is 6.12. The van der Waals surface area contributed by atoms with Crippen LogP contribution in [0.15, 0.2) is 40.1 Å². The topological polar surface area (TPSA) is 85.4 Å². The predicted molar refractivity (Wildman–Crippen MR) is 73.9 cm³/mol. The molecule has 20 heavy (non-hydrogen) atoms. The van der Waals surface area contributed by atoms with Crippen molar-refractivity contribution in [2.24, 2.45) is 0 Å². The van der Waals surface area contributed by atoms with Crippen LogP contribution in [0.1, 0.15) is 16.1 Å². The van der Waals surface area contributed by atoms with Crippen LogP contribution in [0.5, 0.6) is 0 Å². The predicted octanol–water partition coefficient (Wildman–Crippen LogP) is 1.41. The summed E-state index contributed by atoms with van der Waals surface area (Å²) in [5.74, 6) is -0.695. The van der Waals surface area contributed by atoms with Crippen LogP contribution in [0.3, 0.4) is 0 Å². The SMILES string of the molecule is COC(=O)c1ccccc1S(=O)(=O)NCc1cscn1. The van der Waals surface area contributed by atoms with E-state index >= 15 is 0 Å². The number of benzene rings is 1. The quantitative estimate of drug-likeness (QED) is 0.844. The molecule has 6 nitrogen and oxygen atoms in total. The zero-order chi connectivity index (χ0) is 14.6. The van der Waals surface area contributed by atoms with Crippen molar-refractivity contribution in [3.05, 3.63) is 46.4 Å². The Morgan fingerprint density at radius 3 is 2.80 bits per heavy atom. The Kier molecular flexibility index (Phi) is 4.48. The minimum atomic E-state index is -3.81. The third-order valence-corrected chi connectivity index (χ3v) is 4.60. The highest BCUT2D eigenvalue weighted by Crippen LogP contribution is 2.16. The average Bonchev–Trinajstić information content (AvgIpc) is 2.98. The molecule has 0 aliphatic carbocycles. The van der Waals surface area contributed by atoms with Crippen LogP contribution in [-0.2, 0) is 21.3 Å². The summed E-state index contributed by atoms with van der Waals surface area (Å²) >= 11 is 1.38. The van der Waals surface area contributed by atoms with E-state index in [2.05, 4.69) is 14.4 Å². The monoisotopic (exact) mass is 312 g/mol. The molecule has 0 aliphatic rings. The molecular formula is C12H12N2O4S2. The molecule has 1 aromatic heterocycles. The number of rotatable bonds is 5. The highest BCUT2D eigenvalue weighted by Gasteiger charge is 2.22. The maximum atomic E-state index is 12.2. The summed E-state index contributed by atoms with van der Waals surface area (Å²) in [5, 5.41) is 1.74. The van der Waals surface area contributed by atoms with Gasteiger partial charge in [0, 0.05) is 5.38 Å². The fraction of sp³-hybridized carbons (Fsp3) is 0.167. The normalized spacial score (nSPS) is 11.2. The summed E-state index contributed by atoms with van der Waals surface area (Å²) in [4.78, 5) is 15.5. The Hall–Kier alpha value is -1.77. The van der Waals surface area contributed by atoms with Gasteiger partial charge in [0.05, 0.1) is 35.3 Å². The van der Waals surface area contributed by atoms with E-state index in [1.54, 1.807) is 23.0 Å². The van der Waals surface area contributed by atoms with Gasteiger partial charge in [0.1, 0.15) is 0 Å². The number of ether oxygens (including phenoxy) is 1. The molecule has 2 rings (SSSR count). The molecule has 2 aromatic rings. The number of thiazole rings is 1. The minimum Gasteiger partial charge on any atom is -0.465 e. The molecule has 1 aromatic carbocycles. The van der Waals surface area contributed by atoms with Crippen molar-refractivity contribution in [3.8, 4) is 0 Å². The van der Waals surface area contributed by atoms with Gasteiger partial charge in [0.15, 0.2) is 0 Å². The highest BCUT2D eigenvalue weighted by atomic mass is 32.2. The van der Waals surface area contributed by atoms with Gasteiger partial charge in [-0.3, -0.25) is 0 Å². The number of carbonyl (C=O) groups is 1. The number of nitrogens with one attached hydrogen (secondary N) is 1. The molecule has 106 valence electrons. The van der Waals surface area contributed by atoms with Crippen molar-refractivity contribution >= 4 is 27.3 Å². The number of hydrogen-bond donors (Lipinski definition) is 1. The van der Waals surface area contributed by atoms with E-state index in [4.69, 9.17) is 0 Å². The third kappa shape index (κ3) is 3.21. The summed E-state index contributed by atoms with van der Waals surface area (Å²) in [7, 11) is -2.61. The van der Waals surface area contributed by atoms with E-state index < -0.39 is 16.0 Å². The lowest BCUT2D eigenvalue weighted by atomic mass is 10.2. The average molecular weight is 312 g/mol. The number of hydrogen-bond acceptors (Lipinski definition) is 6. The van der Waals surface area contributed by atoms with Crippen molar-refractivity contribution < 1.29 is 17.9 Å². The maximum Gasteiger partial charge on any atom is 0.339 e. The first-order valence-electron chi connectivity index (χ1n) is 5.58. The first-order valence-corrected chi connectivity index (χ1v) is 8.01. The summed E-state index contributed by atoms with van der Waals surface area (Å²) in [6.07, 6.45) is 0. The molecule has 0 bridgehead atoms. The smallest absolute Gasteiger partial charge is 0.339 e. The van der Waals surface area contributed by atoms with Gasteiger partial charge in [0.2, 0.25) is 10.0 Å². The molecule has 0 fully saturated rings. The molecule has 1 N–H and O–H groups in total. The zero-order valence-electron chi connectivity index (χ0n) is 10.6. The second-order valence-electron chi connectivity index (χ2n) is 3.79. The van der Waals surface area contributed by atoms with E-state index in [9.17, 15) is 13.2 Å². The second-order valence-corrected chi connectivity index (χ2v) is 6.25. The van der Waals surface area contributed by atoms with Gasteiger partial charge in [-0.25, -0.2) is 22.9 Å². The van der Waals surface area contributed by atoms with Gasteiger partial charge in [-0.15, -0.1) is 11.3 Å². The lowest BCUT2D eigenvalue weighted by Gasteiger charge is -2.09. The molecule has 0 aliphatic heterocycles. The third-order valence-electron chi connectivity index (χ3n) is 2.51. The first-order chi connectivity index (χ1) is 9.54. The molecule has 0 unspecified atom stereocenters. The standard InChI is InChI=1S/C12H12N2O4S2/c1-18-12(15)10-4-2-3-5-11(10)20(16,17)14-6-9-7-19-8-13-9/h2-5,7-8,14H,6H2,1H3. The number of sulfonamides is 1. The van der Waals surface area contributed by atoms with Gasteiger partial charge in [-0.2, -0.15) is 0 Å². The Labute approximate surface area is 120 Å². The fourth-order valence-electron chi connectivity index (χ4n) is 1.55. The summed E-state index contributed by atoms with van der Waals surface area (Å²) < 4.78 is 31.4. The van der Waals surface area contributed by atoms with Gasteiger partial charge in [-0.1, -0.05) is 12.1 Å². The molecule has 0 saturated heterocycles. The molecule has 0 radical (unpaired) electrons. The molecule has 0 saturated carbocycles. The lowest BCUT2D eigenvalue weighted by molar-refractivity contribution is 0.0596. The first kappa shape index (κ1) is 14.6. The van der Waals surface area contributed by atoms with E-state index in [0.717, 1.165) is 0 Å². The summed E-state index contributed by atoms with van der Waals surface area (Å²) in [5.41, 5.74) is 2.24. The van der Waals surface area contributed by atoms with Crippen molar-refractivity contribution in [1.82, 2.24) is 9.71 Å². The van der Waals surface area contributed by atoms with E-state index in [1.165, 1.54) is 30.6 Å². The lowest BCUT2D eigenvalue weighted by Crippen LogP contribution is -2.25. The van der Waals surface area contributed by atoms with E-state index in [0.29, 0.717) is 5.69 Å². The van der Waals surface area contributed by atoms with Gasteiger partial charge in [-0.05, 0) is 12.1 Å². The van der Waals surface area contributed by atoms with Crippen LogP contribution in [-0.4, -0.2) is 26.5 Å². The van der Waals surface area contributed by atoms with Crippen LogP contribution in [0.25, 0.3) is 0 Å². The number of methoxy groups -OCH3 is 1. The number of nitrogens with zero attached hydrogens (tertiary/aromatic N) is 1. The van der Waals surface area contributed by atoms with Crippen LogP contribution < -0.4 is 4.72 Å². The number of carbonyl (C=O) groups excluding carboxylic acids is 1. The number of esters is 1. The van der Waals surface area contributed by atoms with E-state index in [1.807, 2.05) is 0 Å². The summed E-state index contributed by atoms with van der Waals surface area (Å²) in [6.45, 7) is 0.0708. The Balaban J connectivity index is 2.27. The van der Waals surface area contributed by atoms with Gasteiger partial charge in [0.25, 0.3) is 0 Å². The molecular weight excluding hydrogens is 300 g/mol. The summed E-state index contributed by atoms with van der Waals surface area (Å²) in [6, 6.07) is 5.88. The molecule has 8 heteroatoms. The van der Waals surface area contributed by atoms with Crippen molar-refractivity contribution in [2.45, 2.75) is 11.4 Å². The van der Waals surface area contributed by atoms with Crippen molar-refractivity contribution in [2.75, 3.05) is 7.11 Å². The van der Waals surface area contributed by atoms with Crippen LogP contribution in [0.4, 0.5) is 0 Å². The Morgan fingerprint density at radius 2 is 2.15 bits per heavy atom. The van der Waals surface area contributed by atoms with Crippen molar-refractivity contribution in [3.63, 3.8) is 0 Å². The highest BCUT2D eigenvalue weighted by molar-refractivity contribution is 7.89. The maximum absolute atomic E-state index is 12.2. The van der Waals surface area contributed by atoms with Crippen LogP contribution in [0, 0.1) is 0 Å². The Bertz CT molecular complexity index is 696. The molecule has 0 amide bonds. The minimum absolute atomic E-state index is 0.000720. The van der Waals surface area contributed by atoms with Crippen LogP contribution >= 0.6 is 11.3 Å². The largest absolute Gasteiger partial charge is 0.465 e. The zero-order valence-corrected chi connectivity index (χ0v) is 12.2. The fourth-order valence-corrected chi connectivity index (χ4v) is 3.30. The Morgan fingerprint density at radius 1 is 1.40 bits per heavy atom. The van der Waals surface area contributed by atoms with Gasteiger partial charge < -0.3 is 4.74 Å². The van der Waals surface area contributed by atoms with Crippen molar-refractivity contribution in [1.29, 1.82) is 0 Å². The molecule has 0 spiro atoms.